The molecule has 0 saturated heterocycles. The molecular weight excluding hydrogens is 218 g/mol. The van der Waals surface area contributed by atoms with Crippen molar-refractivity contribution in [2.75, 3.05) is 19.0 Å². The SMILES string of the molecule is COC1=C/C(=C2/c3ccccc3N[C@@H]2O)OC1. The maximum absolute atomic E-state index is 10.0. The van der Waals surface area contributed by atoms with Crippen LogP contribution in [-0.4, -0.2) is 25.1 Å². The Balaban J connectivity index is 2.10. The first-order valence-corrected chi connectivity index (χ1v) is 5.45. The molecule has 0 radical (unpaired) electrons. The Hall–Kier alpha value is -1.94. The molecule has 17 heavy (non-hydrogen) atoms. The largest absolute Gasteiger partial charge is 0.497 e. The highest BCUT2D eigenvalue weighted by Gasteiger charge is 2.29. The number of methoxy groups -OCH3 is 1. The molecule has 0 spiro atoms. The Bertz CT molecular complexity index is 519. The average Bonchev–Trinajstić information content (AvgIpc) is 2.91. The van der Waals surface area contributed by atoms with Gasteiger partial charge >= 0.3 is 0 Å². The number of hydrogen-bond donors (Lipinski definition) is 2. The van der Waals surface area contributed by atoms with Gasteiger partial charge in [-0.2, -0.15) is 0 Å². The predicted octanol–water partition coefficient (Wildman–Crippen LogP) is 1.70. The van der Waals surface area contributed by atoms with Crippen molar-refractivity contribution < 1.29 is 14.6 Å². The van der Waals surface area contributed by atoms with Crippen LogP contribution in [0.1, 0.15) is 5.56 Å². The summed E-state index contributed by atoms with van der Waals surface area (Å²) in [6.07, 6.45) is 1.09. The van der Waals surface area contributed by atoms with Gasteiger partial charge in [0, 0.05) is 17.3 Å². The molecule has 88 valence electrons. The van der Waals surface area contributed by atoms with Crippen molar-refractivity contribution in [2.24, 2.45) is 0 Å². The van der Waals surface area contributed by atoms with E-state index in [9.17, 15) is 5.11 Å². The number of aliphatic hydroxyl groups is 1. The summed E-state index contributed by atoms with van der Waals surface area (Å²) in [4.78, 5) is 0. The van der Waals surface area contributed by atoms with E-state index < -0.39 is 6.23 Å². The molecule has 0 aromatic heterocycles. The van der Waals surface area contributed by atoms with Gasteiger partial charge < -0.3 is 19.9 Å². The summed E-state index contributed by atoms with van der Waals surface area (Å²) in [5.74, 6) is 1.44. The molecule has 3 rings (SSSR count). The van der Waals surface area contributed by atoms with Crippen LogP contribution in [0.5, 0.6) is 0 Å². The molecular formula is C13H13NO3. The lowest BCUT2D eigenvalue weighted by atomic mass is 10.1. The fraction of sp³-hybridized carbons (Fsp3) is 0.231. The summed E-state index contributed by atoms with van der Waals surface area (Å²) >= 11 is 0. The maximum atomic E-state index is 10.0. The highest BCUT2D eigenvalue weighted by molar-refractivity contribution is 5.87. The molecule has 1 atom stereocenters. The topological polar surface area (TPSA) is 50.7 Å². The number of allylic oxidation sites excluding steroid dienone is 1. The van der Waals surface area contributed by atoms with Crippen molar-refractivity contribution in [2.45, 2.75) is 6.23 Å². The van der Waals surface area contributed by atoms with Gasteiger partial charge in [-0.1, -0.05) is 18.2 Å². The van der Waals surface area contributed by atoms with Gasteiger partial charge in [-0.15, -0.1) is 0 Å². The van der Waals surface area contributed by atoms with Gasteiger partial charge in [-0.3, -0.25) is 0 Å². The second-order valence-electron chi connectivity index (χ2n) is 3.97. The summed E-state index contributed by atoms with van der Waals surface area (Å²) in [5.41, 5.74) is 2.67. The van der Waals surface area contributed by atoms with Crippen molar-refractivity contribution in [1.82, 2.24) is 0 Å². The Labute approximate surface area is 99.2 Å². The summed E-state index contributed by atoms with van der Waals surface area (Å²) in [6, 6.07) is 7.76. The van der Waals surface area contributed by atoms with E-state index in [4.69, 9.17) is 9.47 Å². The van der Waals surface area contributed by atoms with E-state index in [2.05, 4.69) is 5.32 Å². The lowest BCUT2D eigenvalue weighted by Gasteiger charge is -2.08. The molecule has 2 aliphatic heterocycles. The van der Waals surface area contributed by atoms with Crippen LogP contribution in [0.3, 0.4) is 0 Å². The first-order valence-electron chi connectivity index (χ1n) is 5.45. The molecule has 0 bridgehead atoms. The minimum absolute atomic E-state index is 0.421. The van der Waals surface area contributed by atoms with E-state index in [0.717, 1.165) is 22.6 Å². The van der Waals surface area contributed by atoms with Gasteiger partial charge in [0.2, 0.25) is 0 Å². The summed E-state index contributed by atoms with van der Waals surface area (Å²) in [5, 5.41) is 13.0. The van der Waals surface area contributed by atoms with Gasteiger partial charge in [-0.25, -0.2) is 0 Å². The van der Waals surface area contributed by atoms with Crippen LogP contribution in [0, 0.1) is 0 Å². The van der Waals surface area contributed by atoms with Crippen LogP contribution in [0.15, 0.2) is 41.9 Å². The number of nitrogens with one attached hydrogen (secondary N) is 1. The predicted molar refractivity (Wildman–Crippen MR) is 64.0 cm³/mol. The summed E-state index contributed by atoms with van der Waals surface area (Å²) < 4.78 is 10.7. The number of para-hydroxylation sites is 1. The minimum Gasteiger partial charge on any atom is -0.497 e. The van der Waals surface area contributed by atoms with E-state index >= 15 is 0 Å². The van der Waals surface area contributed by atoms with Crippen molar-refractivity contribution in [1.29, 1.82) is 0 Å². The molecule has 2 heterocycles. The first-order chi connectivity index (χ1) is 8.29. The number of aliphatic hydroxyl groups excluding tert-OH is 1. The Morgan fingerprint density at radius 2 is 2.24 bits per heavy atom. The number of benzene rings is 1. The number of anilines is 1. The molecule has 4 nitrogen and oxygen atoms in total. The van der Waals surface area contributed by atoms with E-state index in [1.165, 1.54) is 0 Å². The molecule has 0 unspecified atom stereocenters. The van der Waals surface area contributed by atoms with E-state index in [-0.39, 0.29) is 0 Å². The highest BCUT2D eigenvalue weighted by Crippen LogP contribution is 2.38. The average molecular weight is 231 g/mol. The molecule has 4 heteroatoms. The van der Waals surface area contributed by atoms with Crippen molar-refractivity contribution in [3.8, 4) is 0 Å². The normalized spacial score (nSPS) is 26.0. The van der Waals surface area contributed by atoms with Gasteiger partial charge in [0.1, 0.15) is 18.1 Å². The second kappa shape index (κ2) is 3.82. The molecule has 1 aromatic rings. The quantitative estimate of drug-likeness (QED) is 0.772. The molecule has 0 fully saturated rings. The maximum Gasteiger partial charge on any atom is 0.155 e. The summed E-state index contributed by atoms with van der Waals surface area (Å²) in [6.45, 7) is 0.421. The minimum atomic E-state index is -0.727. The van der Waals surface area contributed by atoms with E-state index in [1.54, 1.807) is 7.11 Å². The standard InChI is InChI=1S/C13H13NO3/c1-16-8-6-11(17-7-8)12-9-4-2-3-5-10(9)14-13(12)15/h2-6,13-15H,7H2,1H3/b12-11+/t13-/m1/s1. The molecule has 0 saturated carbocycles. The monoisotopic (exact) mass is 231 g/mol. The Morgan fingerprint density at radius 1 is 1.41 bits per heavy atom. The van der Waals surface area contributed by atoms with Crippen molar-refractivity contribution >= 4 is 11.3 Å². The second-order valence-corrected chi connectivity index (χ2v) is 3.97. The third kappa shape index (κ3) is 1.57. The lowest BCUT2D eigenvalue weighted by Crippen LogP contribution is -2.14. The van der Waals surface area contributed by atoms with Crippen LogP contribution in [0.2, 0.25) is 0 Å². The van der Waals surface area contributed by atoms with Gasteiger partial charge in [-0.05, 0) is 6.07 Å². The number of fused-ring (bicyclic) bond motifs is 1. The molecule has 2 N–H and O–H groups in total. The zero-order chi connectivity index (χ0) is 11.8. The zero-order valence-corrected chi connectivity index (χ0v) is 9.43. The van der Waals surface area contributed by atoms with Crippen LogP contribution in [0.4, 0.5) is 5.69 Å². The van der Waals surface area contributed by atoms with Gasteiger partial charge in [0.25, 0.3) is 0 Å². The van der Waals surface area contributed by atoms with Gasteiger partial charge in [0.05, 0.1) is 12.7 Å². The van der Waals surface area contributed by atoms with Crippen molar-refractivity contribution in [3.63, 3.8) is 0 Å². The van der Waals surface area contributed by atoms with Crippen molar-refractivity contribution in [3.05, 3.63) is 47.4 Å². The Morgan fingerprint density at radius 3 is 3.00 bits per heavy atom. The first kappa shape index (κ1) is 10.2. The highest BCUT2D eigenvalue weighted by atomic mass is 16.5. The Kier molecular flexibility index (Phi) is 2.30. The molecule has 0 aliphatic carbocycles. The van der Waals surface area contributed by atoms with Gasteiger partial charge in [0.15, 0.2) is 6.23 Å². The van der Waals surface area contributed by atoms with Crippen LogP contribution in [0.25, 0.3) is 5.57 Å². The van der Waals surface area contributed by atoms with Crippen LogP contribution < -0.4 is 5.32 Å². The van der Waals surface area contributed by atoms with E-state index in [0.29, 0.717) is 12.4 Å². The zero-order valence-electron chi connectivity index (χ0n) is 9.43. The summed E-state index contributed by atoms with van der Waals surface area (Å²) in [7, 11) is 1.61. The lowest BCUT2D eigenvalue weighted by molar-refractivity contribution is 0.199. The number of hydrogen-bond acceptors (Lipinski definition) is 4. The third-order valence-corrected chi connectivity index (χ3v) is 2.97. The molecule has 1 aromatic carbocycles. The van der Waals surface area contributed by atoms with E-state index in [1.807, 2.05) is 30.3 Å². The molecule has 0 amide bonds. The van der Waals surface area contributed by atoms with Crippen LogP contribution in [-0.2, 0) is 9.47 Å². The third-order valence-electron chi connectivity index (χ3n) is 2.97. The van der Waals surface area contributed by atoms with Crippen LogP contribution >= 0.6 is 0 Å². The number of ether oxygens (including phenoxy) is 2. The smallest absolute Gasteiger partial charge is 0.155 e. The fourth-order valence-electron chi connectivity index (χ4n) is 2.13. The number of rotatable bonds is 1. The molecule has 2 aliphatic rings. The fourth-order valence-corrected chi connectivity index (χ4v) is 2.13.